The molecule has 0 radical (unpaired) electrons. The first-order chi connectivity index (χ1) is 7.66. The van der Waals surface area contributed by atoms with Crippen LogP contribution in [0.1, 0.15) is 17.6 Å². The van der Waals surface area contributed by atoms with Crippen molar-refractivity contribution in [2.75, 3.05) is 0 Å². The summed E-state index contributed by atoms with van der Waals surface area (Å²) in [7, 11) is 0. The second kappa shape index (κ2) is 4.44. The molecule has 0 aliphatic carbocycles. The van der Waals surface area contributed by atoms with Crippen molar-refractivity contribution in [1.82, 2.24) is 0 Å². The van der Waals surface area contributed by atoms with E-state index in [0.29, 0.717) is 0 Å². The van der Waals surface area contributed by atoms with Gasteiger partial charge in [0.1, 0.15) is 0 Å². The summed E-state index contributed by atoms with van der Waals surface area (Å²) in [5.41, 5.74) is 3.25. The van der Waals surface area contributed by atoms with Gasteiger partial charge in [-0.15, -0.1) is 0 Å². The van der Waals surface area contributed by atoms with Crippen LogP contribution in [0.4, 0.5) is 8.78 Å². The number of halogens is 2. The Kier molecular flexibility index (Phi) is 3.00. The fraction of sp³-hybridized carbons (Fsp3) is 0.143. The maximum absolute atomic E-state index is 12.4. The number of alkyl halides is 2. The minimum absolute atomic E-state index is 0.0661. The third-order valence-corrected chi connectivity index (χ3v) is 2.51. The average Bonchev–Trinajstić information content (AvgIpc) is 2.29. The Morgan fingerprint density at radius 1 is 0.875 bits per heavy atom. The Bertz CT molecular complexity index is 472. The first-order valence-corrected chi connectivity index (χ1v) is 5.12. The SMILES string of the molecule is Cc1cccc(-c2ccc(C(F)F)cc2)c1. The zero-order valence-corrected chi connectivity index (χ0v) is 8.95. The van der Waals surface area contributed by atoms with Gasteiger partial charge in [-0.1, -0.05) is 54.1 Å². The van der Waals surface area contributed by atoms with E-state index >= 15 is 0 Å². The lowest BCUT2D eigenvalue weighted by molar-refractivity contribution is 0.151. The van der Waals surface area contributed by atoms with Crippen molar-refractivity contribution in [2.45, 2.75) is 13.3 Å². The predicted octanol–water partition coefficient (Wildman–Crippen LogP) is 4.60. The molecule has 0 unspecified atom stereocenters. The quantitative estimate of drug-likeness (QED) is 0.691. The highest BCUT2D eigenvalue weighted by atomic mass is 19.3. The van der Waals surface area contributed by atoms with Crippen LogP contribution in [-0.2, 0) is 0 Å². The Morgan fingerprint density at radius 3 is 2.12 bits per heavy atom. The lowest BCUT2D eigenvalue weighted by atomic mass is 10.0. The molecule has 2 aromatic carbocycles. The Hall–Kier alpha value is -1.70. The molecule has 0 atom stereocenters. The van der Waals surface area contributed by atoms with Crippen LogP contribution >= 0.6 is 0 Å². The molecule has 0 N–H and O–H groups in total. The van der Waals surface area contributed by atoms with E-state index < -0.39 is 6.43 Å². The maximum atomic E-state index is 12.4. The molecule has 16 heavy (non-hydrogen) atoms. The molecule has 0 amide bonds. The molecule has 2 heteroatoms. The summed E-state index contributed by atoms with van der Waals surface area (Å²) in [5, 5.41) is 0. The van der Waals surface area contributed by atoms with Gasteiger partial charge in [0.2, 0.25) is 0 Å². The van der Waals surface area contributed by atoms with Gasteiger partial charge in [0.25, 0.3) is 6.43 Å². The number of hydrogen-bond donors (Lipinski definition) is 0. The molecule has 0 nitrogen and oxygen atoms in total. The smallest absolute Gasteiger partial charge is 0.205 e. The van der Waals surface area contributed by atoms with E-state index in [9.17, 15) is 8.78 Å². The summed E-state index contributed by atoms with van der Waals surface area (Å²) in [6.45, 7) is 2.01. The fourth-order valence-electron chi connectivity index (χ4n) is 1.65. The van der Waals surface area contributed by atoms with E-state index in [1.165, 1.54) is 12.1 Å². The predicted molar refractivity (Wildman–Crippen MR) is 61.6 cm³/mol. The second-order valence-corrected chi connectivity index (χ2v) is 3.79. The van der Waals surface area contributed by atoms with Gasteiger partial charge in [-0.2, -0.15) is 0 Å². The number of hydrogen-bond acceptors (Lipinski definition) is 0. The number of rotatable bonds is 2. The lowest BCUT2D eigenvalue weighted by Gasteiger charge is -2.04. The van der Waals surface area contributed by atoms with Gasteiger partial charge >= 0.3 is 0 Å². The van der Waals surface area contributed by atoms with Crippen molar-refractivity contribution in [2.24, 2.45) is 0 Å². The molecule has 0 bridgehead atoms. The van der Waals surface area contributed by atoms with Crippen LogP contribution in [0.25, 0.3) is 11.1 Å². The van der Waals surface area contributed by atoms with Crippen LogP contribution in [0, 0.1) is 6.92 Å². The van der Waals surface area contributed by atoms with Gasteiger partial charge in [0.05, 0.1) is 0 Å². The largest absolute Gasteiger partial charge is 0.263 e. The topological polar surface area (TPSA) is 0 Å². The third-order valence-electron chi connectivity index (χ3n) is 2.51. The minimum Gasteiger partial charge on any atom is -0.205 e. The molecule has 0 fully saturated rings. The van der Waals surface area contributed by atoms with Crippen molar-refractivity contribution >= 4 is 0 Å². The maximum Gasteiger partial charge on any atom is 0.263 e. The second-order valence-electron chi connectivity index (χ2n) is 3.79. The summed E-state index contributed by atoms with van der Waals surface area (Å²) in [4.78, 5) is 0. The van der Waals surface area contributed by atoms with Gasteiger partial charge in [0.15, 0.2) is 0 Å². The average molecular weight is 218 g/mol. The van der Waals surface area contributed by atoms with Gasteiger partial charge in [-0.3, -0.25) is 0 Å². The fourth-order valence-corrected chi connectivity index (χ4v) is 1.65. The molecule has 82 valence electrons. The zero-order valence-electron chi connectivity index (χ0n) is 8.95. The van der Waals surface area contributed by atoms with E-state index in [1.54, 1.807) is 12.1 Å². The molecule has 2 aromatic rings. The van der Waals surface area contributed by atoms with Crippen LogP contribution in [0.2, 0.25) is 0 Å². The summed E-state index contributed by atoms with van der Waals surface area (Å²) < 4.78 is 24.7. The molecule has 0 heterocycles. The van der Waals surface area contributed by atoms with Gasteiger partial charge in [0, 0.05) is 5.56 Å². The normalized spacial score (nSPS) is 10.8. The first-order valence-electron chi connectivity index (χ1n) is 5.12. The molecule has 0 aromatic heterocycles. The highest BCUT2D eigenvalue weighted by molar-refractivity contribution is 5.64. The lowest BCUT2D eigenvalue weighted by Crippen LogP contribution is -1.84. The number of benzene rings is 2. The highest BCUT2D eigenvalue weighted by Gasteiger charge is 2.06. The summed E-state index contributed by atoms with van der Waals surface area (Å²) in [6.07, 6.45) is -2.40. The monoisotopic (exact) mass is 218 g/mol. The van der Waals surface area contributed by atoms with Crippen molar-refractivity contribution in [3.05, 3.63) is 59.7 Å². The van der Waals surface area contributed by atoms with E-state index in [4.69, 9.17) is 0 Å². The Morgan fingerprint density at radius 2 is 1.56 bits per heavy atom. The highest BCUT2D eigenvalue weighted by Crippen LogP contribution is 2.24. The third kappa shape index (κ3) is 2.27. The molecule has 0 saturated carbocycles. The van der Waals surface area contributed by atoms with Crippen LogP contribution in [0.15, 0.2) is 48.5 Å². The van der Waals surface area contributed by atoms with Gasteiger partial charge in [-0.05, 0) is 18.1 Å². The number of aryl methyl sites for hydroxylation is 1. The van der Waals surface area contributed by atoms with E-state index in [1.807, 2.05) is 31.2 Å². The van der Waals surface area contributed by atoms with Crippen molar-refractivity contribution in [1.29, 1.82) is 0 Å². The minimum atomic E-state index is -2.40. The molecule has 0 aliphatic rings. The molecular formula is C14H12F2. The molecule has 2 rings (SSSR count). The first kappa shape index (κ1) is 10.8. The van der Waals surface area contributed by atoms with Crippen LogP contribution in [-0.4, -0.2) is 0 Å². The summed E-state index contributed by atoms with van der Waals surface area (Å²) >= 11 is 0. The van der Waals surface area contributed by atoms with E-state index in [-0.39, 0.29) is 5.56 Å². The van der Waals surface area contributed by atoms with E-state index in [2.05, 4.69) is 0 Å². The molecule has 0 spiro atoms. The van der Waals surface area contributed by atoms with Crippen molar-refractivity contribution in [3.63, 3.8) is 0 Å². The van der Waals surface area contributed by atoms with E-state index in [0.717, 1.165) is 16.7 Å². The standard InChI is InChI=1S/C14H12F2/c1-10-3-2-4-13(9-10)11-5-7-12(8-6-11)14(15)16/h2-9,14H,1H3. The summed E-state index contributed by atoms with van der Waals surface area (Å²) in [6, 6.07) is 14.4. The molecular weight excluding hydrogens is 206 g/mol. The van der Waals surface area contributed by atoms with Crippen molar-refractivity contribution < 1.29 is 8.78 Å². The molecule has 0 aliphatic heterocycles. The van der Waals surface area contributed by atoms with Crippen molar-refractivity contribution in [3.8, 4) is 11.1 Å². The Labute approximate surface area is 93.5 Å². The Balaban J connectivity index is 2.35. The summed E-state index contributed by atoms with van der Waals surface area (Å²) in [5.74, 6) is 0. The van der Waals surface area contributed by atoms with Gasteiger partial charge in [-0.25, -0.2) is 8.78 Å². The van der Waals surface area contributed by atoms with Gasteiger partial charge < -0.3 is 0 Å². The van der Waals surface area contributed by atoms with Crippen LogP contribution in [0.5, 0.6) is 0 Å². The van der Waals surface area contributed by atoms with Crippen LogP contribution < -0.4 is 0 Å². The zero-order chi connectivity index (χ0) is 11.5. The molecule has 0 saturated heterocycles. The van der Waals surface area contributed by atoms with Crippen LogP contribution in [0.3, 0.4) is 0 Å².